The molecule has 0 bridgehead atoms. The van der Waals surface area contributed by atoms with Crippen LogP contribution in [0.25, 0.3) is 0 Å². The number of hydrogen-bond donors (Lipinski definition) is 1. The Hall–Kier alpha value is -1.74. The molecule has 0 amide bonds. The predicted molar refractivity (Wildman–Crippen MR) is 59.0 cm³/mol. The molecule has 1 heterocycles. The van der Waals surface area contributed by atoms with Crippen molar-refractivity contribution in [1.29, 1.82) is 5.26 Å². The fourth-order valence-corrected chi connectivity index (χ4v) is 1.25. The molecule has 0 fully saturated rings. The molecular formula is C11H13F2N3O. The molecular weight excluding hydrogens is 228 g/mol. The molecule has 1 rings (SSSR count). The van der Waals surface area contributed by atoms with Gasteiger partial charge in [0, 0.05) is 12.2 Å². The van der Waals surface area contributed by atoms with Crippen LogP contribution in [0.2, 0.25) is 0 Å². The second kappa shape index (κ2) is 6.76. The smallest absolute Gasteiger partial charge is 0.261 e. The predicted octanol–water partition coefficient (Wildman–Crippen LogP) is 1.96. The quantitative estimate of drug-likeness (QED) is 0.773. The van der Waals surface area contributed by atoms with Crippen molar-refractivity contribution in [2.24, 2.45) is 0 Å². The van der Waals surface area contributed by atoms with Crippen LogP contribution in [0.1, 0.15) is 11.3 Å². The summed E-state index contributed by atoms with van der Waals surface area (Å²) in [6, 6.07) is 5.28. The Kier molecular flexibility index (Phi) is 5.30. The maximum Gasteiger partial charge on any atom is 0.261 e. The molecule has 0 spiro atoms. The Morgan fingerprint density at radius 1 is 1.53 bits per heavy atom. The highest BCUT2D eigenvalue weighted by atomic mass is 19.3. The number of nitriles is 1. The number of hydrogen-bond acceptors (Lipinski definition) is 4. The van der Waals surface area contributed by atoms with E-state index in [0.29, 0.717) is 17.9 Å². The van der Waals surface area contributed by atoms with Gasteiger partial charge >= 0.3 is 0 Å². The van der Waals surface area contributed by atoms with Crippen LogP contribution in [0, 0.1) is 18.3 Å². The van der Waals surface area contributed by atoms with E-state index < -0.39 is 13.0 Å². The van der Waals surface area contributed by atoms with Gasteiger partial charge in [0.1, 0.15) is 12.4 Å². The first-order valence-electron chi connectivity index (χ1n) is 5.10. The molecule has 0 radical (unpaired) electrons. The topological polar surface area (TPSA) is 57.9 Å². The Morgan fingerprint density at radius 2 is 2.29 bits per heavy atom. The minimum Gasteiger partial charge on any atom is -0.374 e. The number of nitrogens with one attached hydrogen (secondary N) is 1. The fourth-order valence-electron chi connectivity index (χ4n) is 1.25. The summed E-state index contributed by atoms with van der Waals surface area (Å²) < 4.78 is 28.2. The van der Waals surface area contributed by atoms with Crippen molar-refractivity contribution in [1.82, 2.24) is 4.98 Å². The Bertz CT molecular complexity index is 404. The molecule has 0 saturated heterocycles. The third kappa shape index (κ3) is 5.22. The molecule has 0 aliphatic heterocycles. The van der Waals surface area contributed by atoms with Crippen molar-refractivity contribution in [2.75, 3.05) is 25.1 Å². The van der Waals surface area contributed by atoms with Gasteiger partial charge in [-0.25, -0.2) is 13.8 Å². The summed E-state index contributed by atoms with van der Waals surface area (Å²) in [5.74, 6) is 0.544. The molecule has 1 N–H and O–H groups in total. The lowest BCUT2D eigenvalue weighted by atomic mass is 10.2. The highest BCUT2D eigenvalue weighted by molar-refractivity contribution is 5.44. The summed E-state index contributed by atoms with van der Waals surface area (Å²) in [7, 11) is 0. The van der Waals surface area contributed by atoms with Crippen LogP contribution >= 0.6 is 0 Å². The van der Waals surface area contributed by atoms with Crippen LogP contribution in [-0.2, 0) is 4.74 Å². The van der Waals surface area contributed by atoms with Crippen molar-refractivity contribution < 1.29 is 13.5 Å². The van der Waals surface area contributed by atoms with E-state index in [0.717, 1.165) is 5.69 Å². The molecule has 1 aromatic rings. The first-order valence-corrected chi connectivity index (χ1v) is 5.10. The fraction of sp³-hybridized carbons (Fsp3) is 0.455. The maximum absolute atomic E-state index is 11.7. The van der Waals surface area contributed by atoms with Crippen LogP contribution in [0.5, 0.6) is 0 Å². The van der Waals surface area contributed by atoms with Crippen LogP contribution in [0.4, 0.5) is 14.6 Å². The summed E-state index contributed by atoms with van der Waals surface area (Å²) >= 11 is 0. The zero-order valence-electron chi connectivity index (χ0n) is 9.41. The summed E-state index contributed by atoms with van der Waals surface area (Å²) in [4.78, 5) is 4.15. The Morgan fingerprint density at radius 3 is 2.94 bits per heavy atom. The highest BCUT2D eigenvalue weighted by Crippen LogP contribution is 2.08. The molecule has 17 heavy (non-hydrogen) atoms. The molecule has 0 aliphatic rings. The molecule has 92 valence electrons. The monoisotopic (exact) mass is 241 g/mol. The van der Waals surface area contributed by atoms with Gasteiger partial charge in [0.25, 0.3) is 6.43 Å². The number of ether oxygens (including phenoxy) is 1. The molecule has 0 aliphatic carbocycles. The minimum absolute atomic E-state index is 0.169. The summed E-state index contributed by atoms with van der Waals surface area (Å²) in [5.41, 5.74) is 1.23. The van der Waals surface area contributed by atoms with E-state index >= 15 is 0 Å². The van der Waals surface area contributed by atoms with E-state index in [1.807, 2.05) is 6.07 Å². The Balaban J connectivity index is 2.37. The van der Waals surface area contributed by atoms with Gasteiger partial charge in [0.15, 0.2) is 0 Å². The van der Waals surface area contributed by atoms with Crippen molar-refractivity contribution in [3.8, 4) is 6.07 Å². The number of anilines is 1. The second-order valence-electron chi connectivity index (χ2n) is 3.39. The van der Waals surface area contributed by atoms with Gasteiger partial charge in [-0.05, 0) is 19.1 Å². The number of pyridine rings is 1. The van der Waals surface area contributed by atoms with Crippen molar-refractivity contribution in [3.63, 3.8) is 0 Å². The summed E-state index contributed by atoms with van der Waals surface area (Å²) in [6.45, 7) is 1.75. The first-order chi connectivity index (χ1) is 8.11. The number of nitrogens with zero attached hydrogens (tertiary/aromatic N) is 2. The molecule has 0 aromatic carbocycles. The zero-order valence-corrected chi connectivity index (χ0v) is 9.41. The lowest BCUT2D eigenvalue weighted by molar-refractivity contribution is 0.0215. The van der Waals surface area contributed by atoms with Crippen molar-refractivity contribution in [3.05, 3.63) is 23.4 Å². The zero-order chi connectivity index (χ0) is 12.7. The SMILES string of the molecule is Cc1cc(C#N)cc(NCCOCC(F)F)n1. The van der Waals surface area contributed by atoms with Crippen LogP contribution < -0.4 is 5.32 Å². The summed E-state index contributed by atoms with van der Waals surface area (Å²) in [6.07, 6.45) is -2.45. The molecule has 0 unspecified atom stereocenters. The van der Waals surface area contributed by atoms with Gasteiger partial charge in [-0.2, -0.15) is 5.26 Å². The van der Waals surface area contributed by atoms with Gasteiger partial charge in [0.05, 0.1) is 18.2 Å². The highest BCUT2D eigenvalue weighted by Gasteiger charge is 2.02. The van der Waals surface area contributed by atoms with Gasteiger partial charge in [0.2, 0.25) is 0 Å². The maximum atomic E-state index is 11.7. The van der Waals surface area contributed by atoms with E-state index in [2.05, 4.69) is 10.3 Å². The van der Waals surface area contributed by atoms with Crippen molar-refractivity contribution in [2.45, 2.75) is 13.3 Å². The average molecular weight is 241 g/mol. The standard InChI is InChI=1S/C11H13F2N3O/c1-8-4-9(6-14)5-11(16-8)15-2-3-17-7-10(12)13/h4-5,10H,2-3,7H2,1H3,(H,15,16). The number of aryl methyl sites for hydroxylation is 1. The number of rotatable bonds is 6. The molecule has 0 saturated carbocycles. The summed E-state index contributed by atoms with van der Waals surface area (Å²) in [5, 5.41) is 11.6. The number of halogens is 2. The van der Waals surface area contributed by atoms with E-state index in [-0.39, 0.29) is 6.61 Å². The molecule has 1 aromatic heterocycles. The number of alkyl halides is 2. The van der Waals surface area contributed by atoms with Crippen LogP contribution in [0.3, 0.4) is 0 Å². The van der Waals surface area contributed by atoms with E-state index in [1.54, 1.807) is 19.1 Å². The van der Waals surface area contributed by atoms with Gasteiger partial charge < -0.3 is 10.1 Å². The van der Waals surface area contributed by atoms with E-state index in [1.165, 1.54) is 0 Å². The van der Waals surface area contributed by atoms with Gasteiger partial charge in [-0.1, -0.05) is 0 Å². The first kappa shape index (κ1) is 13.3. The third-order valence-electron chi connectivity index (χ3n) is 1.88. The lowest BCUT2D eigenvalue weighted by Gasteiger charge is -2.07. The molecule has 6 heteroatoms. The third-order valence-corrected chi connectivity index (χ3v) is 1.88. The average Bonchev–Trinajstić information content (AvgIpc) is 2.27. The van der Waals surface area contributed by atoms with Gasteiger partial charge in [-0.15, -0.1) is 0 Å². The lowest BCUT2D eigenvalue weighted by Crippen LogP contribution is -2.13. The van der Waals surface area contributed by atoms with Gasteiger partial charge in [-0.3, -0.25) is 0 Å². The van der Waals surface area contributed by atoms with Crippen molar-refractivity contribution >= 4 is 5.82 Å². The van der Waals surface area contributed by atoms with Crippen LogP contribution in [-0.4, -0.2) is 31.2 Å². The van der Waals surface area contributed by atoms with Crippen LogP contribution in [0.15, 0.2) is 12.1 Å². The number of aromatic nitrogens is 1. The minimum atomic E-state index is -2.45. The normalized spacial score (nSPS) is 10.3. The Labute approximate surface area is 98.2 Å². The van der Waals surface area contributed by atoms with E-state index in [4.69, 9.17) is 10.00 Å². The second-order valence-corrected chi connectivity index (χ2v) is 3.39. The molecule has 4 nitrogen and oxygen atoms in total. The molecule has 0 atom stereocenters. The largest absolute Gasteiger partial charge is 0.374 e. The van der Waals surface area contributed by atoms with E-state index in [9.17, 15) is 8.78 Å².